The largest absolute Gasteiger partial charge is 0.385 e. The van der Waals surface area contributed by atoms with Crippen LogP contribution in [0.2, 0.25) is 0 Å². The minimum atomic E-state index is -0.368. The van der Waals surface area contributed by atoms with Crippen LogP contribution in [0, 0.1) is 6.92 Å². The molecule has 0 bridgehead atoms. The van der Waals surface area contributed by atoms with Crippen LogP contribution < -0.4 is 5.56 Å². The number of ether oxygens (including phenoxy) is 1. The van der Waals surface area contributed by atoms with Crippen molar-refractivity contribution in [1.29, 1.82) is 0 Å². The van der Waals surface area contributed by atoms with Gasteiger partial charge in [0.25, 0.3) is 5.56 Å². The van der Waals surface area contributed by atoms with Crippen LogP contribution in [0.25, 0.3) is 16.6 Å². The summed E-state index contributed by atoms with van der Waals surface area (Å²) in [5.74, 6) is 0.688. The van der Waals surface area contributed by atoms with Gasteiger partial charge in [0.15, 0.2) is 0 Å². The zero-order valence-electron chi connectivity index (χ0n) is 23.0. The van der Waals surface area contributed by atoms with Gasteiger partial charge in [0.1, 0.15) is 5.82 Å². The Morgan fingerprint density at radius 3 is 2.35 bits per heavy atom. The van der Waals surface area contributed by atoms with Crippen molar-refractivity contribution in [2.75, 3.05) is 20.3 Å². The number of aromatic nitrogens is 2. The Balaban J connectivity index is 1.91. The van der Waals surface area contributed by atoms with E-state index in [1.807, 2.05) is 67.3 Å². The van der Waals surface area contributed by atoms with Gasteiger partial charge in [0.05, 0.1) is 22.6 Å². The molecule has 37 heavy (non-hydrogen) atoms. The number of nitrogens with zero attached hydrogens (tertiary/aromatic N) is 3. The number of hydrogen-bond acceptors (Lipinski definition) is 4. The number of carbonyl (C=O) groups is 1. The molecular weight excluding hydrogens is 462 g/mol. The summed E-state index contributed by atoms with van der Waals surface area (Å²) in [7, 11) is 1.67. The number of carbonyl (C=O) groups excluding carboxylic acids is 1. The summed E-state index contributed by atoms with van der Waals surface area (Å²) >= 11 is 0. The zero-order chi connectivity index (χ0) is 26.6. The predicted octanol–water partition coefficient (Wildman–Crippen LogP) is 6.76. The van der Waals surface area contributed by atoms with Crippen LogP contribution >= 0.6 is 0 Å². The van der Waals surface area contributed by atoms with Crippen molar-refractivity contribution >= 4 is 16.8 Å². The van der Waals surface area contributed by atoms with Crippen LogP contribution in [0.3, 0.4) is 0 Å². The lowest BCUT2D eigenvalue weighted by atomic mass is 10.1. The molecule has 0 fully saturated rings. The quantitative estimate of drug-likeness (QED) is 0.214. The second-order valence-corrected chi connectivity index (χ2v) is 9.94. The maximum Gasteiger partial charge on any atom is 0.266 e. The number of fused-ring (bicyclic) bond motifs is 1. The molecule has 0 aliphatic rings. The highest BCUT2D eigenvalue weighted by Crippen LogP contribution is 2.24. The maximum absolute atomic E-state index is 13.7. The molecule has 6 nitrogen and oxygen atoms in total. The van der Waals surface area contributed by atoms with E-state index in [-0.39, 0.29) is 17.5 Å². The molecule has 0 saturated heterocycles. The highest BCUT2D eigenvalue weighted by atomic mass is 16.5. The van der Waals surface area contributed by atoms with E-state index in [1.54, 1.807) is 11.7 Å². The van der Waals surface area contributed by atoms with Crippen LogP contribution in [-0.4, -0.2) is 40.6 Å². The van der Waals surface area contributed by atoms with Crippen LogP contribution in [0.15, 0.2) is 53.3 Å². The van der Waals surface area contributed by atoms with Gasteiger partial charge in [0, 0.05) is 26.7 Å². The molecule has 0 saturated carbocycles. The molecule has 1 amide bonds. The van der Waals surface area contributed by atoms with Crippen LogP contribution in [0.4, 0.5) is 0 Å². The van der Waals surface area contributed by atoms with Crippen molar-refractivity contribution in [3.05, 3.63) is 70.3 Å². The molecule has 3 aromatic rings. The maximum atomic E-state index is 13.7. The monoisotopic (exact) mass is 505 g/mol. The lowest BCUT2D eigenvalue weighted by Crippen LogP contribution is -2.38. The molecular formula is C31H43N3O3. The Kier molecular flexibility index (Phi) is 11.3. The van der Waals surface area contributed by atoms with Crippen LogP contribution in [-0.2, 0) is 9.53 Å². The first-order valence-electron chi connectivity index (χ1n) is 13.8. The van der Waals surface area contributed by atoms with Crippen LogP contribution in [0.1, 0.15) is 89.1 Å². The van der Waals surface area contributed by atoms with Crippen molar-refractivity contribution in [1.82, 2.24) is 14.5 Å². The molecule has 0 spiro atoms. The second-order valence-electron chi connectivity index (χ2n) is 9.94. The molecule has 2 aromatic carbocycles. The van der Waals surface area contributed by atoms with Crippen molar-refractivity contribution in [2.45, 2.75) is 84.6 Å². The summed E-state index contributed by atoms with van der Waals surface area (Å²) < 4.78 is 6.95. The fourth-order valence-corrected chi connectivity index (χ4v) is 4.80. The topological polar surface area (TPSA) is 64.4 Å². The van der Waals surface area contributed by atoms with E-state index in [0.29, 0.717) is 36.3 Å². The average molecular weight is 506 g/mol. The Morgan fingerprint density at radius 1 is 0.973 bits per heavy atom. The normalized spacial score (nSPS) is 12.1. The number of rotatable bonds is 15. The lowest BCUT2D eigenvalue weighted by Gasteiger charge is -2.31. The van der Waals surface area contributed by atoms with Crippen molar-refractivity contribution in [2.24, 2.45) is 0 Å². The molecule has 3 rings (SSSR count). The Bertz CT molecular complexity index is 1190. The van der Waals surface area contributed by atoms with E-state index in [2.05, 4.69) is 6.92 Å². The van der Waals surface area contributed by atoms with Gasteiger partial charge in [-0.2, -0.15) is 0 Å². The third-order valence-corrected chi connectivity index (χ3v) is 7.00. The third kappa shape index (κ3) is 7.75. The first-order chi connectivity index (χ1) is 18.0. The Labute approximate surface area is 221 Å². The molecule has 1 heterocycles. The van der Waals surface area contributed by atoms with Crippen molar-refractivity contribution in [3.63, 3.8) is 0 Å². The van der Waals surface area contributed by atoms with E-state index < -0.39 is 0 Å². The standard InChI is InChI=1S/C31H43N3O3/c1-5-6-7-8-9-10-11-17-29(35)33(22-14-23-37-4)25(3)30-32-28-16-13-12-15-27(28)31(36)34(30)26-20-18-24(2)19-21-26/h12-13,15-16,18-21,25H,5-11,14,17,22-23H2,1-4H3. The molecule has 1 atom stereocenters. The first kappa shape index (κ1) is 28.6. The number of benzene rings is 2. The van der Waals surface area contributed by atoms with Gasteiger partial charge in [-0.05, 0) is 51.0 Å². The minimum Gasteiger partial charge on any atom is -0.385 e. The molecule has 0 aliphatic heterocycles. The number of hydrogen-bond donors (Lipinski definition) is 0. The van der Waals surface area contributed by atoms with Gasteiger partial charge in [-0.1, -0.05) is 75.3 Å². The van der Waals surface area contributed by atoms with Gasteiger partial charge in [-0.25, -0.2) is 4.98 Å². The van der Waals surface area contributed by atoms with E-state index in [9.17, 15) is 9.59 Å². The van der Waals surface area contributed by atoms with Gasteiger partial charge < -0.3 is 9.64 Å². The van der Waals surface area contributed by atoms with Crippen molar-refractivity contribution < 1.29 is 9.53 Å². The van der Waals surface area contributed by atoms with Crippen LogP contribution in [0.5, 0.6) is 0 Å². The first-order valence-corrected chi connectivity index (χ1v) is 13.8. The summed E-state index contributed by atoms with van der Waals surface area (Å²) in [6, 6.07) is 14.9. The van der Waals surface area contributed by atoms with E-state index in [0.717, 1.165) is 30.5 Å². The number of methoxy groups -OCH3 is 1. The number of para-hydroxylation sites is 1. The van der Waals surface area contributed by atoms with E-state index in [1.165, 1.54) is 32.1 Å². The van der Waals surface area contributed by atoms with Gasteiger partial charge in [0.2, 0.25) is 5.91 Å². The van der Waals surface area contributed by atoms with Gasteiger partial charge >= 0.3 is 0 Å². The third-order valence-electron chi connectivity index (χ3n) is 7.00. The Morgan fingerprint density at radius 2 is 1.65 bits per heavy atom. The summed E-state index contributed by atoms with van der Waals surface area (Å²) in [4.78, 5) is 34.0. The lowest BCUT2D eigenvalue weighted by molar-refractivity contribution is -0.134. The summed E-state index contributed by atoms with van der Waals surface area (Å²) in [6.07, 6.45) is 9.39. The molecule has 1 aromatic heterocycles. The molecule has 0 radical (unpaired) electrons. The van der Waals surface area contributed by atoms with Crippen molar-refractivity contribution in [3.8, 4) is 5.69 Å². The summed E-state index contributed by atoms with van der Waals surface area (Å²) in [6.45, 7) is 7.36. The second kappa shape index (κ2) is 14.7. The smallest absolute Gasteiger partial charge is 0.266 e. The average Bonchev–Trinajstić information content (AvgIpc) is 2.91. The Hall–Kier alpha value is -2.99. The molecule has 0 N–H and O–H groups in total. The van der Waals surface area contributed by atoms with Gasteiger partial charge in [-0.15, -0.1) is 0 Å². The van der Waals surface area contributed by atoms with E-state index in [4.69, 9.17) is 9.72 Å². The number of amides is 1. The fraction of sp³-hybridized carbons (Fsp3) is 0.516. The van der Waals surface area contributed by atoms with E-state index >= 15 is 0 Å². The SMILES string of the molecule is CCCCCCCCCC(=O)N(CCCOC)C(C)c1nc2ccccc2c(=O)n1-c1ccc(C)cc1. The molecule has 200 valence electrons. The summed E-state index contributed by atoms with van der Waals surface area (Å²) in [5.41, 5.74) is 2.40. The highest BCUT2D eigenvalue weighted by Gasteiger charge is 2.26. The summed E-state index contributed by atoms with van der Waals surface area (Å²) in [5, 5.41) is 0.569. The van der Waals surface area contributed by atoms with Gasteiger partial charge in [-0.3, -0.25) is 14.2 Å². The molecule has 0 aliphatic carbocycles. The zero-order valence-corrected chi connectivity index (χ0v) is 23.0. The minimum absolute atomic E-state index is 0.107. The number of aryl methyl sites for hydroxylation is 1. The fourth-order valence-electron chi connectivity index (χ4n) is 4.80. The molecule has 6 heteroatoms. The molecule has 1 unspecified atom stereocenters. The highest BCUT2D eigenvalue weighted by molar-refractivity contribution is 5.79. The number of unbranched alkanes of at least 4 members (excludes halogenated alkanes) is 6. The predicted molar refractivity (Wildman–Crippen MR) is 151 cm³/mol.